The van der Waals surface area contributed by atoms with Crippen molar-refractivity contribution in [2.24, 2.45) is 0 Å². The van der Waals surface area contributed by atoms with Crippen molar-refractivity contribution in [2.45, 2.75) is 0 Å². The second-order valence-electron chi connectivity index (χ2n) is 3.10. The normalized spacial score (nSPS) is 9.71. The molecule has 0 spiro atoms. The summed E-state index contributed by atoms with van der Waals surface area (Å²) in [5.41, 5.74) is 2.58. The molecule has 92 valence electrons. The minimum atomic E-state index is -0.418. The fourth-order valence-corrected chi connectivity index (χ4v) is 1.15. The molecular formula is C12H15NO4. The highest BCUT2D eigenvalue weighted by Crippen LogP contribution is 2.17. The van der Waals surface area contributed by atoms with E-state index >= 15 is 0 Å². The van der Waals surface area contributed by atoms with Gasteiger partial charge in [-0.1, -0.05) is 24.8 Å². The van der Waals surface area contributed by atoms with Crippen molar-refractivity contribution in [2.75, 3.05) is 19.8 Å². The van der Waals surface area contributed by atoms with E-state index in [4.69, 9.17) is 14.7 Å². The third-order valence-corrected chi connectivity index (χ3v) is 1.85. The largest absolute Gasteiger partial charge is 0.489 e. The maximum atomic E-state index is 11.7. The molecule has 5 heteroatoms. The average Bonchev–Trinajstić information content (AvgIpc) is 2.37. The smallest absolute Gasteiger partial charge is 0.278 e. The van der Waals surface area contributed by atoms with E-state index < -0.39 is 5.91 Å². The summed E-state index contributed by atoms with van der Waals surface area (Å²) in [5.74, 6) is 0.0376. The van der Waals surface area contributed by atoms with Crippen LogP contribution in [0.4, 0.5) is 0 Å². The van der Waals surface area contributed by atoms with Crippen molar-refractivity contribution < 1.29 is 19.5 Å². The summed E-state index contributed by atoms with van der Waals surface area (Å²) in [7, 11) is 0. The number of para-hydroxylation sites is 1. The van der Waals surface area contributed by atoms with Crippen LogP contribution in [0.5, 0.6) is 5.75 Å². The van der Waals surface area contributed by atoms with Crippen LogP contribution in [-0.4, -0.2) is 30.8 Å². The lowest BCUT2D eigenvalue weighted by Gasteiger charge is -2.09. The molecule has 1 aromatic rings. The first-order valence-corrected chi connectivity index (χ1v) is 5.15. The van der Waals surface area contributed by atoms with Crippen molar-refractivity contribution in [1.29, 1.82) is 0 Å². The molecule has 0 unspecified atom stereocenters. The van der Waals surface area contributed by atoms with Crippen molar-refractivity contribution >= 4 is 5.91 Å². The minimum absolute atomic E-state index is 0.0431. The van der Waals surface area contributed by atoms with E-state index in [-0.39, 0.29) is 13.2 Å². The van der Waals surface area contributed by atoms with E-state index in [1.165, 1.54) is 0 Å². The predicted octanol–water partition coefficient (Wildman–Crippen LogP) is 0.905. The molecule has 0 saturated carbocycles. The fraction of sp³-hybridized carbons (Fsp3) is 0.250. The van der Waals surface area contributed by atoms with Crippen LogP contribution < -0.4 is 10.2 Å². The van der Waals surface area contributed by atoms with Crippen LogP contribution in [-0.2, 0) is 4.84 Å². The molecule has 0 aromatic heterocycles. The Kier molecular flexibility index (Phi) is 5.77. The van der Waals surface area contributed by atoms with Gasteiger partial charge in [-0.3, -0.25) is 9.63 Å². The number of benzene rings is 1. The standard InChI is InChI=1S/C12H15NO4/c1-2-8-16-11-6-4-3-5-10(11)12(15)13-17-9-7-14/h2-6,14H,1,7-9H2,(H,13,15). The van der Waals surface area contributed by atoms with Gasteiger partial charge in [-0.15, -0.1) is 0 Å². The second-order valence-corrected chi connectivity index (χ2v) is 3.10. The number of carbonyl (C=O) groups excluding carboxylic acids is 1. The van der Waals surface area contributed by atoms with Crippen LogP contribution in [0.25, 0.3) is 0 Å². The van der Waals surface area contributed by atoms with Gasteiger partial charge in [0.1, 0.15) is 12.4 Å². The number of hydrogen-bond donors (Lipinski definition) is 2. The molecule has 0 aliphatic heterocycles. The summed E-state index contributed by atoms with van der Waals surface area (Å²) in [6.07, 6.45) is 1.59. The molecule has 0 aliphatic carbocycles. The molecule has 2 N–H and O–H groups in total. The van der Waals surface area contributed by atoms with E-state index in [1.807, 2.05) is 0 Å². The Balaban J connectivity index is 2.67. The Morgan fingerprint density at radius 2 is 2.24 bits per heavy atom. The molecule has 0 radical (unpaired) electrons. The van der Waals surface area contributed by atoms with Gasteiger partial charge in [0.2, 0.25) is 0 Å². The van der Waals surface area contributed by atoms with E-state index in [9.17, 15) is 4.79 Å². The van der Waals surface area contributed by atoms with Crippen molar-refractivity contribution in [3.8, 4) is 5.75 Å². The molecule has 1 rings (SSSR count). The van der Waals surface area contributed by atoms with Gasteiger partial charge in [-0.25, -0.2) is 5.48 Å². The van der Waals surface area contributed by atoms with Crippen LogP contribution in [0.1, 0.15) is 10.4 Å². The number of ether oxygens (including phenoxy) is 1. The van der Waals surface area contributed by atoms with E-state index in [1.54, 1.807) is 30.3 Å². The maximum absolute atomic E-state index is 11.7. The minimum Gasteiger partial charge on any atom is -0.489 e. The monoisotopic (exact) mass is 237 g/mol. The van der Waals surface area contributed by atoms with Gasteiger partial charge in [-0.2, -0.15) is 0 Å². The van der Waals surface area contributed by atoms with Crippen molar-refractivity contribution in [3.05, 3.63) is 42.5 Å². The number of hydrogen-bond acceptors (Lipinski definition) is 4. The first kappa shape index (κ1) is 13.2. The summed E-state index contributed by atoms with van der Waals surface area (Å²) < 4.78 is 5.33. The molecule has 17 heavy (non-hydrogen) atoms. The SMILES string of the molecule is C=CCOc1ccccc1C(=O)NOCCO. The van der Waals surface area contributed by atoms with Crippen LogP contribution >= 0.6 is 0 Å². The average molecular weight is 237 g/mol. The topological polar surface area (TPSA) is 67.8 Å². The summed E-state index contributed by atoms with van der Waals surface area (Å²) in [6.45, 7) is 3.74. The highest BCUT2D eigenvalue weighted by atomic mass is 16.7. The molecule has 0 heterocycles. The quantitative estimate of drug-likeness (QED) is 0.420. The number of hydroxylamine groups is 1. The van der Waals surface area contributed by atoms with Gasteiger partial charge in [-0.05, 0) is 12.1 Å². The lowest BCUT2D eigenvalue weighted by molar-refractivity contribution is 0.0166. The number of amides is 1. The van der Waals surface area contributed by atoms with Gasteiger partial charge in [0.15, 0.2) is 0 Å². The number of nitrogens with one attached hydrogen (secondary N) is 1. The molecule has 0 fully saturated rings. The highest BCUT2D eigenvalue weighted by molar-refractivity contribution is 5.96. The van der Waals surface area contributed by atoms with Crippen LogP contribution in [0.2, 0.25) is 0 Å². The first-order chi connectivity index (χ1) is 8.29. The summed E-state index contributed by atoms with van der Waals surface area (Å²) in [6, 6.07) is 6.80. The second kappa shape index (κ2) is 7.43. The summed E-state index contributed by atoms with van der Waals surface area (Å²) >= 11 is 0. The Bertz CT molecular complexity index is 379. The lowest BCUT2D eigenvalue weighted by Crippen LogP contribution is -2.25. The number of aliphatic hydroxyl groups excluding tert-OH is 1. The predicted molar refractivity (Wildman–Crippen MR) is 62.6 cm³/mol. The Labute approximate surface area is 99.6 Å². The highest BCUT2D eigenvalue weighted by Gasteiger charge is 2.11. The number of aliphatic hydroxyl groups is 1. The fourth-order valence-electron chi connectivity index (χ4n) is 1.15. The van der Waals surface area contributed by atoms with Gasteiger partial charge in [0.05, 0.1) is 18.8 Å². The zero-order chi connectivity index (χ0) is 12.5. The molecule has 5 nitrogen and oxygen atoms in total. The third kappa shape index (κ3) is 4.26. The molecule has 0 bridgehead atoms. The van der Waals surface area contributed by atoms with E-state index in [0.717, 1.165) is 0 Å². The van der Waals surface area contributed by atoms with Crippen LogP contribution in [0, 0.1) is 0 Å². The zero-order valence-corrected chi connectivity index (χ0v) is 9.39. The Morgan fingerprint density at radius 1 is 1.47 bits per heavy atom. The molecule has 1 aromatic carbocycles. The van der Waals surface area contributed by atoms with Crippen LogP contribution in [0.15, 0.2) is 36.9 Å². The third-order valence-electron chi connectivity index (χ3n) is 1.85. The number of rotatable bonds is 7. The molecule has 0 saturated heterocycles. The maximum Gasteiger partial charge on any atom is 0.278 e. The van der Waals surface area contributed by atoms with Crippen LogP contribution in [0.3, 0.4) is 0 Å². The zero-order valence-electron chi connectivity index (χ0n) is 9.39. The summed E-state index contributed by atoms with van der Waals surface area (Å²) in [4.78, 5) is 16.4. The summed E-state index contributed by atoms with van der Waals surface area (Å²) in [5, 5.41) is 8.51. The van der Waals surface area contributed by atoms with E-state index in [2.05, 4.69) is 12.1 Å². The van der Waals surface area contributed by atoms with Crippen molar-refractivity contribution in [1.82, 2.24) is 5.48 Å². The molecule has 0 atom stereocenters. The Morgan fingerprint density at radius 3 is 2.94 bits per heavy atom. The number of carbonyl (C=O) groups is 1. The molecule has 1 amide bonds. The van der Waals surface area contributed by atoms with Crippen molar-refractivity contribution in [3.63, 3.8) is 0 Å². The van der Waals surface area contributed by atoms with Gasteiger partial charge < -0.3 is 9.84 Å². The molecular weight excluding hydrogens is 222 g/mol. The first-order valence-electron chi connectivity index (χ1n) is 5.15. The Hall–Kier alpha value is -1.85. The van der Waals surface area contributed by atoms with Gasteiger partial charge in [0, 0.05) is 0 Å². The van der Waals surface area contributed by atoms with Gasteiger partial charge >= 0.3 is 0 Å². The van der Waals surface area contributed by atoms with Gasteiger partial charge in [0.25, 0.3) is 5.91 Å². The van der Waals surface area contributed by atoms with E-state index in [0.29, 0.717) is 17.9 Å². The lowest BCUT2D eigenvalue weighted by atomic mass is 10.2. The molecule has 0 aliphatic rings.